The average molecular weight is 223 g/mol. The summed E-state index contributed by atoms with van der Waals surface area (Å²) in [7, 11) is 0. The fourth-order valence-electron chi connectivity index (χ4n) is 1.26. The van der Waals surface area contributed by atoms with Crippen LogP contribution in [0.4, 0.5) is 0 Å². The van der Waals surface area contributed by atoms with E-state index in [1.54, 1.807) is 0 Å². The molecule has 1 aromatic heterocycles. The molecule has 4 nitrogen and oxygen atoms in total. The molecule has 1 atom stereocenters. The number of hydrogen-bond donors (Lipinski definition) is 2. The highest BCUT2D eigenvalue weighted by atomic mass is 16.5. The smallest absolute Gasteiger partial charge is 0.0709 e. The third-order valence-electron chi connectivity index (χ3n) is 2.22. The Morgan fingerprint density at radius 1 is 1.44 bits per heavy atom. The lowest BCUT2D eigenvalue weighted by Crippen LogP contribution is -2.34. The Hall–Kier alpha value is -0.970. The Morgan fingerprint density at radius 2 is 2.12 bits per heavy atom. The molecule has 1 unspecified atom stereocenters. The van der Waals surface area contributed by atoms with Crippen LogP contribution in [0.2, 0.25) is 0 Å². The van der Waals surface area contributed by atoms with Crippen molar-refractivity contribution >= 4 is 0 Å². The van der Waals surface area contributed by atoms with E-state index in [4.69, 9.17) is 10.6 Å². The second kappa shape index (κ2) is 5.39. The van der Waals surface area contributed by atoms with E-state index in [0.717, 1.165) is 11.3 Å². The molecular formula is C12H21N3O. The molecule has 1 rings (SSSR count). The van der Waals surface area contributed by atoms with Gasteiger partial charge in [0, 0.05) is 11.9 Å². The minimum absolute atomic E-state index is 0.0210. The maximum atomic E-state index is 5.70. The van der Waals surface area contributed by atoms with Gasteiger partial charge in [-0.3, -0.25) is 16.3 Å². The number of nitrogens with two attached hydrogens (primary N) is 1. The van der Waals surface area contributed by atoms with Gasteiger partial charge in [-0.15, -0.1) is 0 Å². The lowest BCUT2D eigenvalue weighted by Gasteiger charge is -2.24. The van der Waals surface area contributed by atoms with Crippen LogP contribution >= 0.6 is 0 Å². The van der Waals surface area contributed by atoms with Gasteiger partial charge in [-0.2, -0.15) is 0 Å². The third kappa shape index (κ3) is 4.26. The van der Waals surface area contributed by atoms with Crippen LogP contribution in [0.3, 0.4) is 0 Å². The highest BCUT2D eigenvalue weighted by Crippen LogP contribution is 2.15. The zero-order valence-electron chi connectivity index (χ0n) is 10.4. The first-order valence-electron chi connectivity index (χ1n) is 5.45. The van der Waals surface area contributed by atoms with Crippen molar-refractivity contribution in [1.82, 2.24) is 10.4 Å². The molecule has 4 heteroatoms. The predicted octanol–water partition coefficient (Wildman–Crippen LogP) is 1.71. The summed E-state index contributed by atoms with van der Waals surface area (Å²) < 4.78 is 5.70. The van der Waals surface area contributed by atoms with E-state index >= 15 is 0 Å². The average Bonchev–Trinajstić information content (AvgIpc) is 2.20. The number of pyridine rings is 1. The van der Waals surface area contributed by atoms with Crippen molar-refractivity contribution in [3.8, 4) is 0 Å². The van der Waals surface area contributed by atoms with E-state index in [2.05, 4.69) is 10.4 Å². The van der Waals surface area contributed by atoms with Crippen LogP contribution in [0.5, 0.6) is 0 Å². The fourth-order valence-corrected chi connectivity index (χ4v) is 1.26. The minimum atomic E-state index is -0.159. The summed E-state index contributed by atoms with van der Waals surface area (Å²) in [4.78, 5) is 4.24. The Morgan fingerprint density at radius 3 is 2.56 bits per heavy atom. The summed E-state index contributed by atoms with van der Waals surface area (Å²) in [5.74, 6) is 5.51. The van der Waals surface area contributed by atoms with Crippen LogP contribution < -0.4 is 11.3 Å². The van der Waals surface area contributed by atoms with Crippen LogP contribution in [-0.2, 0) is 4.74 Å². The summed E-state index contributed by atoms with van der Waals surface area (Å²) in [6, 6.07) is 3.96. The number of aromatic nitrogens is 1. The van der Waals surface area contributed by atoms with Crippen LogP contribution in [-0.4, -0.2) is 17.2 Å². The molecule has 1 aromatic rings. The number of ether oxygens (including phenoxy) is 1. The first-order valence-corrected chi connectivity index (χ1v) is 5.45. The van der Waals surface area contributed by atoms with Gasteiger partial charge in [-0.1, -0.05) is 6.07 Å². The quantitative estimate of drug-likeness (QED) is 0.602. The molecule has 0 saturated heterocycles. The van der Waals surface area contributed by atoms with Crippen LogP contribution in [0, 0.1) is 6.92 Å². The molecule has 1 heterocycles. The second-order valence-corrected chi connectivity index (χ2v) is 4.88. The molecule has 0 spiro atoms. The van der Waals surface area contributed by atoms with Gasteiger partial charge in [0.2, 0.25) is 0 Å². The SMILES string of the molecule is Cc1ccc(C(COC(C)(C)C)NN)cn1. The molecule has 3 N–H and O–H groups in total. The zero-order valence-corrected chi connectivity index (χ0v) is 10.4. The van der Waals surface area contributed by atoms with E-state index < -0.39 is 0 Å². The van der Waals surface area contributed by atoms with Gasteiger partial charge in [-0.05, 0) is 39.3 Å². The van der Waals surface area contributed by atoms with E-state index in [-0.39, 0.29) is 11.6 Å². The van der Waals surface area contributed by atoms with Crippen molar-refractivity contribution in [3.05, 3.63) is 29.6 Å². The molecule has 0 aliphatic heterocycles. The van der Waals surface area contributed by atoms with E-state index in [1.165, 1.54) is 0 Å². The first kappa shape index (κ1) is 13.1. The lowest BCUT2D eigenvalue weighted by molar-refractivity contribution is -0.0148. The molecule has 0 aliphatic rings. The molecular weight excluding hydrogens is 202 g/mol. The topological polar surface area (TPSA) is 60.2 Å². The second-order valence-electron chi connectivity index (χ2n) is 4.88. The van der Waals surface area contributed by atoms with Gasteiger partial charge in [0.15, 0.2) is 0 Å². The molecule has 0 fully saturated rings. The molecule has 0 radical (unpaired) electrons. The van der Waals surface area contributed by atoms with Crippen LogP contribution in [0.1, 0.15) is 38.1 Å². The number of nitrogens with zero attached hydrogens (tertiary/aromatic N) is 1. The van der Waals surface area contributed by atoms with Crippen molar-refractivity contribution in [3.63, 3.8) is 0 Å². The minimum Gasteiger partial charge on any atom is -0.374 e. The van der Waals surface area contributed by atoms with E-state index in [0.29, 0.717) is 6.61 Å². The maximum Gasteiger partial charge on any atom is 0.0709 e. The monoisotopic (exact) mass is 223 g/mol. The van der Waals surface area contributed by atoms with Gasteiger partial charge >= 0.3 is 0 Å². The fraction of sp³-hybridized carbons (Fsp3) is 0.583. The Balaban J connectivity index is 2.64. The van der Waals surface area contributed by atoms with Gasteiger partial charge in [0.1, 0.15) is 0 Å². The summed E-state index contributed by atoms with van der Waals surface area (Å²) >= 11 is 0. The number of hydrazine groups is 1. The molecule has 0 amide bonds. The normalized spacial score (nSPS) is 13.8. The van der Waals surface area contributed by atoms with Crippen molar-refractivity contribution in [2.24, 2.45) is 5.84 Å². The number of rotatable bonds is 4. The van der Waals surface area contributed by atoms with E-state index in [1.807, 2.05) is 46.0 Å². The summed E-state index contributed by atoms with van der Waals surface area (Å²) in [5, 5.41) is 0. The van der Waals surface area contributed by atoms with Gasteiger partial charge in [-0.25, -0.2) is 0 Å². The molecule has 0 aliphatic carbocycles. The summed E-state index contributed by atoms with van der Waals surface area (Å²) in [5.41, 5.74) is 4.62. The lowest BCUT2D eigenvalue weighted by atomic mass is 10.1. The number of nitrogens with one attached hydrogen (secondary N) is 1. The van der Waals surface area contributed by atoms with Gasteiger partial charge in [0.05, 0.1) is 18.2 Å². The summed E-state index contributed by atoms with van der Waals surface area (Å²) in [6.07, 6.45) is 1.83. The number of hydrogen-bond acceptors (Lipinski definition) is 4. The van der Waals surface area contributed by atoms with Crippen LogP contribution in [0.25, 0.3) is 0 Å². The highest BCUT2D eigenvalue weighted by molar-refractivity contribution is 5.17. The Kier molecular flexibility index (Phi) is 4.41. The summed E-state index contributed by atoms with van der Waals surface area (Å²) in [6.45, 7) is 8.56. The number of aryl methyl sites for hydroxylation is 1. The molecule has 0 bridgehead atoms. The Labute approximate surface area is 97.2 Å². The first-order chi connectivity index (χ1) is 7.42. The molecule has 90 valence electrons. The van der Waals surface area contributed by atoms with Gasteiger partial charge in [0.25, 0.3) is 0 Å². The predicted molar refractivity (Wildman–Crippen MR) is 64.7 cm³/mol. The zero-order chi connectivity index (χ0) is 12.2. The standard InChI is InChI=1S/C12H21N3O/c1-9-5-6-10(7-14-9)11(15-13)8-16-12(2,3)4/h5-7,11,15H,8,13H2,1-4H3. The molecule has 0 saturated carbocycles. The molecule has 0 aromatic carbocycles. The largest absolute Gasteiger partial charge is 0.374 e. The van der Waals surface area contributed by atoms with Crippen molar-refractivity contribution in [2.75, 3.05) is 6.61 Å². The molecule has 16 heavy (non-hydrogen) atoms. The van der Waals surface area contributed by atoms with Gasteiger partial charge < -0.3 is 4.74 Å². The highest BCUT2D eigenvalue weighted by Gasteiger charge is 2.16. The van der Waals surface area contributed by atoms with Crippen LogP contribution in [0.15, 0.2) is 18.3 Å². The third-order valence-corrected chi connectivity index (χ3v) is 2.22. The van der Waals surface area contributed by atoms with Crippen molar-refractivity contribution in [1.29, 1.82) is 0 Å². The van der Waals surface area contributed by atoms with Crippen molar-refractivity contribution < 1.29 is 4.74 Å². The van der Waals surface area contributed by atoms with E-state index in [9.17, 15) is 0 Å². The van der Waals surface area contributed by atoms with Crippen molar-refractivity contribution in [2.45, 2.75) is 39.3 Å². The Bertz CT molecular complexity index is 316. The maximum absolute atomic E-state index is 5.70.